The van der Waals surface area contributed by atoms with Crippen molar-refractivity contribution < 1.29 is 9.82 Å². The number of hydrogen-bond acceptors (Lipinski definition) is 3. The molecule has 0 bridgehead atoms. The second kappa shape index (κ2) is 2.80. The average Bonchev–Trinajstić information content (AvgIpc) is 2.34. The van der Waals surface area contributed by atoms with Crippen LogP contribution in [0.25, 0.3) is 0 Å². The summed E-state index contributed by atoms with van der Waals surface area (Å²) in [7, 11) is 0.976. The van der Waals surface area contributed by atoms with Crippen LogP contribution in [0.15, 0.2) is 11.4 Å². The zero-order valence-electron chi connectivity index (χ0n) is 4.57. The van der Waals surface area contributed by atoms with E-state index in [2.05, 4.69) is 0 Å². The van der Waals surface area contributed by atoms with Crippen molar-refractivity contribution in [1.82, 2.24) is 0 Å². The summed E-state index contributed by atoms with van der Waals surface area (Å²) in [5.41, 5.74) is 0.683. The van der Waals surface area contributed by atoms with E-state index in [0.29, 0.717) is 10.3 Å². The molecule has 1 rings (SSSR count). The van der Waals surface area contributed by atoms with Gasteiger partial charge in [0.25, 0.3) is 0 Å². The Morgan fingerprint density at radius 3 is 2.89 bits per heavy atom. The summed E-state index contributed by atoms with van der Waals surface area (Å²) in [6.07, 6.45) is 0.762. The molecule has 0 unspecified atom stereocenters. The van der Waals surface area contributed by atoms with E-state index in [1.54, 1.807) is 11.4 Å². The van der Waals surface area contributed by atoms with E-state index in [4.69, 9.17) is 5.02 Å². The Hall–Kier alpha value is -0.605. The molecule has 0 fully saturated rings. The lowest BCUT2D eigenvalue weighted by Gasteiger charge is -1.76. The molecule has 4 heteroatoms. The number of carbonyl (C=O) groups excluding carboxylic acids is 1. The van der Waals surface area contributed by atoms with Crippen molar-refractivity contribution in [3.63, 3.8) is 0 Å². The van der Waals surface area contributed by atoms with E-state index in [1.807, 2.05) is 0 Å². The Morgan fingerprint density at radius 1 is 1.78 bits per heavy atom. The Kier molecular flexibility index (Phi) is 2.03. The fourth-order valence-corrected chi connectivity index (χ4v) is 1.16. The fourth-order valence-electron chi connectivity index (χ4n) is 0.498. The van der Waals surface area contributed by atoms with Crippen LogP contribution in [0.4, 0.5) is 0 Å². The van der Waals surface area contributed by atoms with Gasteiger partial charge in [-0.1, -0.05) is 0 Å². The second-order valence-electron chi connectivity index (χ2n) is 1.53. The molecule has 1 radical (unpaired) electrons. The maximum atomic E-state index is 10.1. The van der Waals surface area contributed by atoms with Gasteiger partial charge in [-0.2, -0.15) is 0 Å². The molecule has 1 N–H and O–H groups in total. The van der Waals surface area contributed by atoms with Crippen LogP contribution in [-0.2, 0) is 0 Å². The van der Waals surface area contributed by atoms with Crippen LogP contribution in [0.5, 0.6) is 0 Å². The summed E-state index contributed by atoms with van der Waals surface area (Å²) in [6.45, 7) is 0. The third-order valence-corrected chi connectivity index (χ3v) is 1.78. The van der Waals surface area contributed by atoms with Gasteiger partial charge in [0.05, 0.1) is 4.88 Å². The number of carbonyl (C=O) groups is 1. The minimum atomic E-state index is 0.635. The maximum absolute atomic E-state index is 10.1. The monoisotopic (exact) mass is 139 g/mol. The molecule has 1 heterocycles. The Morgan fingerprint density at radius 2 is 2.56 bits per heavy atom. The predicted molar refractivity (Wildman–Crippen MR) is 37.3 cm³/mol. The van der Waals surface area contributed by atoms with Crippen LogP contribution in [0.1, 0.15) is 9.67 Å². The zero-order chi connectivity index (χ0) is 6.69. The van der Waals surface area contributed by atoms with Gasteiger partial charge in [0.1, 0.15) is 0 Å². The molecular weight excluding hydrogens is 135 g/mol. The highest BCUT2D eigenvalue weighted by molar-refractivity contribution is 7.12. The molecule has 45 valence electrons. The number of hydrogen-bond donors (Lipinski definition) is 1. The maximum Gasteiger partial charge on any atom is 0.327 e. The molecule has 0 aliphatic rings. The van der Waals surface area contributed by atoms with Crippen molar-refractivity contribution in [3.05, 3.63) is 16.3 Å². The van der Waals surface area contributed by atoms with E-state index < -0.39 is 0 Å². The first kappa shape index (κ1) is 6.51. The van der Waals surface area contributed by atoms with E-state index >= 15 is 0 Å². The molecule has 9 heavy (non-hydrogen) atoms. The average molecular weight is 139 g/mol. The Labute approximate surface area is 57.4 Å². The lowest BCUT2D eigenvalue weighted by molar-refractivity contribution is 0.112. The molecular formula is C5H4BO2S. The van der Waals surface area contributed by atoms with Crippen molar-refractivity contribution >= 4 is 30.6 Å². The highest BCUT2D eigenvalue weighted by Gasteiger charge is 1.96. The smallest absolute Gasteiger partial charge is 0.327 e. The Bertz CT molecular complexity index is 208. The minimum absolute atomic E-state index is 0.635. The molecule has 0 saturated carbocycles. The van der Waals surface area contributed by atoms with Gasteiger partial charge >= 0.3 is 7.48 Å². The highest BCUT2D eigenvalue weighted by Crippen LogP contribution is 2.01. The Balaban J connectivity index is 2.86. The van der Waals surface area contributed by atoms with Crippen molar-refractivity contribution in [2.24, 2.45) is 0 Å². The van der Waals surface area contributed by atoms with Crippen LogP contribution in [0.2, 0.25) is 0 Å². The van der Waals surface area contributed by atoms with Gasteiger partial charge in [-0.25, -0.2) is 0 Å². The van der Waals surface area contributed by atoms with Crippen LogP contribution in [0.3, 0.4) is 0 Å². The summed E-state index contributed by atoms with van der Waals surface area (Å²) in [6, 6.07) is 1.62. The van der Waals surface area contributed by atoms with Crippen LogP contribution < -0.4 is 5.46 Å². The first-order valence-electron chi connectivity index (χ1n) is 2.38. The highest BCUT2D eigenvalue weighted by atomic mass is 32.1. The molecule has 0 aliphatic heterocycles. The van der Waals surface area contributed by atoms with Gasteiger partial charge in [0.2, 0.25) is 0 Å². The van der Waals surface area contributed by atoms with Crippen molar-refractivity contribution in [2.75, 3.05) is 0 Å². The third-order valence-electron chi connectivity index (χ3n) is 0.905. The third kappa shape index (κ3) is 1.40. The summed E-state index contributed by atoms with van der Waals surface area (Å²) in [5, 5.41) is 10.1. The summed E-state index contributed by atoms with van der Waals surface area (Å²) < 4.78 is 0. The van der Waals surface area contributed by atoms with E-state index in [9.17, 15) is 4.79 Å². The standard InChI is InChI=1S/C5H4BO2S/c7-2-5-1-4(6-8)3-9-5/h1-3,8H. The van der Waals surface area contributed by atoms with Crippen molar-refractivity contribution in [1.29, 1.82) is 0 Å². The van der Waals surface area contributed by atoms with Gasteiger partial charge in [0, 0.05) is 0 Å². The molecule has 1 aromatic rings. The first-order valence-corrected chi connectivity index (χ1v) is 3.26. The van der Waals surface area contributed by atoms with Crippen LogP contribution >= 0.6 is 11.3 Å². The van der Waals surface area contributed by atoms with Crippen molar-refractivity contribution in [3.8, 4) is 0 Å². The van der Waals surface area contributed by atoms with Crippen LogP contribution in [-0.4, -0.2) is 18.8 Å². The second-order valence-corrected chi connectivity index (χ2v) is 2.47. The summed E-state index contributed by atoms with van der Waals surface area (Å²) in [5.74, 6) is 0. The van der Waals surface area contributed by atoms with Crippen molar-refractivity contribution in [2.45, 2.75) is 0 Å². The quantitative estimate of drug-likeness (QED) is 0.455. The lowest BCUT2D eigenvalue weighted by Crippen LogP contribution is -2.08. The number of thiophene rings is 1. The van der Waals surface area contributed by atoms with Gasteiger partial charge in [-0.3, -0.25) is 4.79 Å². The number of rotatable bonds is 2. The predicted octanol–water partition coefficient (Wildman–Crippen LogP) is -0.203. The molecule has 0 amide bonds. The van der Waals surface area contributed by atoms with Crippen LogP contribution in [0, 0.1) is 0 Å². The van der Waals surface area contributed by atoms with E-state index in [1.165, 1.54) is 11.3 Å². The van der Waals surface area contributed by atoms with Gasteiger partial charge < -0.3 is 5.02 Å². The molecule has 0 aliphatic carbocycles. The summed E-state index contributed by atoms with van der Waals surface area (Å²) in [4.78, 5) is 10.7. The van der Waals surface area contributed by atoms with E-state index in [-0.39, 0.29) is 0 Å². The molecule has 0 saturated heterocycles. The van der Waals surface area contributed by atoms with Gasteiger partial charge in [-0.05, 0) is 16.9 Å². The molecule has 0 aromatic carbocycles. The normalized spacial score (nSPS) is 9.00. The molecule has 1 aromatic heterocycles. The topological polar surface area (TPSA) is 37.3 Å². The van der Waals surface area contributed by atoms with Gasteiger partial charge in [-0.15, -0.1) is 11.3 Å². The van der Waals surface area contributed by atoms with E-state index in [0.717, 1.165) is 13.8 Å². The molecule has 0 atom stereocenters. The molecule has 2 nitrogen and oxygen atoms in total. The lowest BCUT2D eigenvalue weighted by atomic mass is 9.92. The molecule has 0 spiro atoms. The zero-order valence-corrected chi connectivity index (χ0v) is 5.39. The SMILES string of the molecule is O=Cc1cc([B]O)cs1. The minimum Gasteiger partial charge on any atom is -0.450 e. The summed E-state index contributed by atoms with van der Waals surface area (Å²) >= 11 is 1.31. The fraction of sp³-hybridized carbons (Fsp3) is 0. The first-order chi connectivity index (χ1) is 4.36. The van der Waals surface area contributed by atoms with Gasteiger partial charge in [0.15, 0.2) is 6.29 Å². The largest absolute Gasteiger partial charge is 0.450 e. The number of aldehydes is 1.